The van der Waals surface area contributed by atoms with E-state index in [4.69, 9.17) is 5.73 Å². The number of hydrogen-bond acceptors (Lipinski definition) is 3. The normalized spacial score (nSPS) is 38.8. The lowest BCUT2D eigenvalue weighted by Gasteiger charge is -2.14. The molecule has 2 bridgehead atoms. The summed E-state index contributed by atoms with van der Waals surface area (Å²) in [7, 11) is 0. The van der Waals surface area contributed by atoms with Crippen LogP contribution >= 0.6 is 0 Å². The number of carbonyl (C=O) groups excluding carboxylic acids is 2. The second-order valence-corrected chi connectivity index (χ2v) is 4.99. The predicted molar refractivity (Wildman–Crippen MR) is 62.6 cm³/mol. The Balaban J connectivity index is 1.80. The smallest absolute Gasteiger partial charge is 0.234 e. The van der Waals surface area contributed by atoms with Gasteiger partial charge in [-0.1, -0.05) is 24.3 Å². The molecule has 17 heavy (non-hydrogen) atoms. The zero-order chi connectivity index (χ0) is 12.0. The molecule has 2 fully saturated rings. The number of carbonyl (C=O) groups is 2. The predicted octanol–water partition coefficient (Wildman–Crippen LogP) is 0.308. The molecular weight excluding hydrogens is 216 g/mol. The van der Waals surface area contributed by atoms with E-state index >= 15 is 0 Å². The number of fused-ring (bicyclic) bond motifs is 5. The number of rotatable bonds is 3. The van der Waals surface area contributed by atoms with Gasteiger partial charge in [-0.15, -0.1) is 0 Å². The first-order chi connectivity index (χ1) is 8.24. The summed E-state index contributed by atoms with van der Waals surface area (Å²) in [6.07, 6.45) is 8.78. The molecule has 0 aromatic carbocycles. The van der Waals surface area contributed by atoms with Gasteiger partial charge < -0.3 is 5.73 Å². The van der Waals surface area contributed by atoms with E-state index in [1.807, 2.05) is 0 Å². The molecular formula is C13H16N2O2. The number of imide groups is 1. The SMILES string of the molecule is NC/C=C/CN1C(=O)C2C3C=CC(C3)C2C1=O. The molecule has 0 spiro atoms. The van der Waals surface area contributed by atoms with Gasteiger partial charge in [-0.05, 0) is 18.3 Å². The van der Waals surface area contributed by atoms with E-state index in [0.717, 1.165) is 6.42 Å². The molecule has 3 aliphatic rings. The Morgan fingerprint density at radius 3 is 2.29 bits per heavy atom. The van der Waals surface area contributed by atoms with Gasteiger partial charge in [0.1, 0.15) is 0 Å². The lowest BCUT2D eigenvalue weighted by Crippen LogP contribution is -2.33. The Morgan fingerprint density at radius 2 is 1.76 bits per heavy atom. The van der Waals surface area contributed by atoms with E-state index in [0.29, 0.717) is 24.9 Å². The molecule has 4 nitrogen and oxygen atoms in total. The van der Waals surface area contributed by atoms with Crippen LogP contribution in [0.2, 0.25) is 0 Å². The van der Waals surface area contributed by atoms with Gasteiger partial charge >= 0.3 is 0 Å². The molecule has 1 saturated carbocycles. The maximum Gasteiger partial charge on any atom is 0.234 e. The minimum atomic E-state index is -0.0798. The van der Waals surface area contributed by atoms with Gasteiger partial charge in [-0.2, -0.15) is 0 Å². The standard InChI is InChI=1S/C13H16N2O2/c14-5-1-2-6-15-12(16)10-8-3-4-9(7-8)11(10)13(15)17/h1-4,8-11H,5-7,14H2/b2-1+. The molecule has 1 heterocycles. The number of hydrogen-bond donors (Lipinski definition) is 1. The molecule has 4 unspecified atom stereocenters. The molecule has 0 aromatic heterocycles. The fourth-order valence-electron chi connectivity index (χ4n) is 3.42. The van der Waals surface area contributed by atoms with Crippen LogP contribution in [0.4, 0.5) is 0 Å². The molecule has 1 aliphatic heterocycles. The molecule has 2 aliphatic carbocycles. The van der Waals surface area contributed by atoms with Crippen molar-refractivity contribution >= 4 is 11.8 Å². The van der Waals surface area contributed by atoms with Crippen molar-refractivity contribution in [3.63, 3.8) is 0 Å². The summed E-state index contributed by atoms with van der Waals surface area (Å²) in [5.41, 5.74) is 5.34. The third-order valence-corrected chi connectivity index (χ3v) is 4.15. The van der Waals surface area contributed by atoms with Crippen molar-refractivity contribution in [1.82, 2.24) is 4.90 Å². The first-order valence-corrected chi connectivity index (χ1v) is 6.12. The van der Waals surface area contributed by atoms with Crippen LogP contribution in [0, 0.1) is 23.7 Å². The third kappa shape index (κ3) is 1.40. The van der Waals surface area contributed by atoms with Gasteiger partial charge in [-0.3, -0.25) is 14.5 Å². The summed E-state index contributed by atoms with van der Waals surface area (Å²) in [6.45, 7) is 0.817. The number of nitrogens with two attached hydrogens (primary N) is 1. The Hall–Kier alpha value is -1.42. The fourth-order valence-corrected chi connectivity index (χ4v) is 3.42. The number of nitrogens with zero attached hydrogens (tertiary/aromatic N) is 1. The summed E-state index contributed by atoms with van der Waals surface area (Å²) in [5, 5.41) is 0. The van der Waals surface area contributed by atoms with Gasteiger partial charge in [0.15, 0.2) is 0 Å². The van der Waals surface area contributed by atoms with E-state index in [2.05, 4.69) is 12.2 Å². The molecule has 0 radical (unpaired) electrons. The van der Waals surface area contributed by atoms with Crippen molar-refractivity contribution in [2.24, 2.45) is 29.4 Å². The molecule has 90 valence electrons. The molecule has 2 amide bonds. The van der Waals surface area contributed by atoms with Crippen molar-refractivity contribution in [2.75, 3.05) is 13.1 Å². The average Bonchev–Trinajstić information content (AvgIpc) is 2.97. The largest absolute Gasteiger partial charge is 0.327 e. The summed E-state index contributed by atoms with van der Waals surface area (Å²) < 4.78 is 0. The molecule has 0 aromatic rings. The van der Waals surface area contributed by atoms with E-state index in [-0.39, 0.29) is 23.7 Å². The highest BCUT2D eigenvalue weighted by Gasteiger charge is 2.58. The molecule has 2 N–H and O–H groups in total. The second kappa shape index (κ2) is 3.81. The molecule has 1 saturated heterocycles. The fraction of sp³-hybridized carbons (Fsp3) is 0.538. The third-order valence-electron chi connectivity index (χ3n) is 4.15. The van der Waals surface area contributed by atoms with Crippen LogP contribution in [0.25, 0.3) is 0 Å². The molecule has 4 atom stereocenters. The second-order valence-electron chi connectivity index (χ2n) is 4.99. The van der Waals surface area contributed by atoms with Gasteiger partial charge in [-0.25, -0.2) is 0 Å². The summed E-state index contributed by atoms with van der Waals surface area (Å²) in [4.78, 5) is 25.8. The minimum absolute atomic E-state index is 0.0125. The van der Waals surface area contributed by atoms with Crippen molar-refractivity contribution < 1.29 is 9.59 Å². The van der Waals surface area contributed by atoms with Crippen molar-refractivity contribution in [1.29, 1.82) is 0 Å². The van der Waals surface area contributed by atoms with Gasteiger partial charge in [0, 0.05) is 13.1 Å². The Morgan fingerprint density at radius 1 is 1.18 bits per heavy atom. The molecule has 4 heteroatoms. The Kier molecular flexibility index (Phi) is 2.40. The Labute approximate surface area is 100 Å². The lowest BCUT2D eigenvalue weighted by molar-refractivity contribution is -0.140. The topological polar surface area (TPSA) is 63.4 Å². The van der Waals surface area contributed by atoms with Crippen molar-refractivity contribution in [2.45, 2.75) is 6.42 Å². The summed E-state index contributed by atoms with van der Waals surface area (Å²) in [6, 6.07) is 0. The number of likely N-dealkylation sites (tertiary alicyclic amines) is 1. The van der Waals surface area contributed by atoms with Crippen LogP contribution in [0.15, 0.2) is 24.3 Å². The van der Waals surface area contributed by atoms with Crippen LogP contribution in [-0.4, -0.2) is 29.8 Å². The summed E-state index contributed by atoms with van der Waals surface area (Å²) >= 11 is 0. The number of allylic oxidation sites excluding steroid dienone is 2. The van der Waals surface area contributed by atoms with Crippen LogP contribution in [0.3, 0.4) is 0 Å². The van der Waals surface area contributed by atoms with Crippen LogP contribution in [-0.2, 0) is 9.59 Å². The minimum Gasteiger partial charge on any atom is -0.327 e. The summed E-state index contributed by atoms with van der Waals surface area (Å²) in [5.74, 6) is 0.458. The van der Waals surface area contributed by atoms with Gasteiger partial charge in [0.2, 0.25) is 11.8 Å². The molecule has 3 rings (SSSR count). The first kappa shape index (κ1) is 10.7. The van der Waals surface area contributed by atoms with Crippen LogP contribution < -0.4 is 5.73 Å². The number of amides is 2. The maximum atomic E-state index is 12.2. The quantitative estimate of drug-likeness (QED) is 0.562. The average molecular weight is 232 g/mol. The van der Waals surface area contributed by atoms with Crippen LogP contribution in [0.5, 0.6) is 0 Å². The zero-order valence-corrected chi connectivity index (χ0v) is 9.58. The van der Waals surface area contributed by atoms with Crippen molar-refractivity contribution in [3.05, 3.63) is 24.3 Å². The Bertz CT molecular complexity index is 397. The zero-order valence-electron chi connectivity index (χ0n) is 9.58. The highest BCUT2D eigenvalue weighted by molar-refractivity contribution is 6.06. The highest BCUT2D eigenvalue weighted by Crippen LogP contribution is 2.52. The maximum absolute atomic E-state index is 12.2. The van der Waals surface area contributed by atoms with Crippen molar-refractivity contribution in [3.8, 4) is 0 Å². The monoisotopic (exact) mass is 232 g/mol. The van der Waals surface area contributed by atoms with E-state index < -0.39 is 0 Å². The van der Waals surface area contributed by atoms with Crippen LogP contribution in [0.1, 0.15) is 6.42 Å². The van der Waals surface area contributed by atoms with Gasteiger partial charge in [0.25, 0.3) is 0 Å². The highest BCUT2D eigenvalue weighted by atomic mass is 16.2. The van der Waals surface area contributed by atoms with E-state index in [9.17, 15) is 9.59 Å². The van der Waals surface area contributed by atoms with E-state index in [1.54, 1.807) is 12.2 Å². The first-order valence-electron chi connectivity index (χ1n) is 6.12. The van der Waals surface area contributed by atoms with Gasteiger partial charge in [0.05, 0.1) is 11.8 Å². The lowest BCUT2D eigenvalue weighted by atomic mass is 9.85. The van der Waals surface area contributed by atoms with E-state index in [1.165, 1.54) is 4.90 Å².